The smallest absolute Gasteiger partial charge is 0.340 e. The highest BCUT2D eigenvalue weighted by Crippen LogP contribution is 2.50. The number of rotatable bonds is 8. The first-order valence-electron chi connectivity index (χ1n) is 17.2. The molecule has 0 fully saturated rings. The van der Waals surface area contributed by atoms with E-state index in [1.165, 1.54) is 59.1 Å². The molecule has 0 bridgehead atoms. The van der Waals surface area contributed by atoms with Gasteiger partial charge in [0, 0.05) is 12.1 Å². The average Bonchev–Trinajstić information content (AvgIpc) is 3.37. The molecule has 47 heavy (non-hydrogen) atoms. The number of hydrogen-bond acceptors (Lipinski definition) is 2. The fourth-order valence-corrected chi connectivity index (χ4v) is 7.51. The quantitative estimate of drug-likeness (QED) is 0.162. The van der Waals surface area contributed by atoms with Gasteiger partial charge in [-0.2, -0.15) is 0 Å². The van der Waals surface area contributed by atoms with E-state index in [0.717, 1.165) is 58.0 Å². The molecular formula is C43H42N2O2+2. The van der Waals surface area contributed by atoms with Crippen LogP contribution in [0, 0.1) is 13.8 Å². The Hall–Kier alpha value is -4.96. The summed E-state index contributed by atoms with van der Waals surface area (Å²) in [5, 5.41) is 0. The molecule has 0 atom stereocenters. The number of unbranched alkanes of at least 4 members (excludes halogenated alkanes) is 2. The molecule has 0 saturated carbocycles. The summed E-state index contributed by atoms with van der Waals surface area (Å²) in [7, 11) is 0. The van der Waals surface area contributed by atoms with Crippen LogP contribution in [0.15, 0.2) is 97.1 Å². The fraction of sp³-hybridized carbons (Fsp3) is 0.256. The summed E-state index contributed by atoms with van der Waals surface area (Å²) in [6.07, 6.45) is 11.3. The van der Waals surface area contributed by atoms with Crippen LogP contribution in [0.3, 0.4) is 0 Å². The summed E-state index contributed by atoms with van der Waals surface area (Å²) in [4.78, 5) is 0. The van der Waals surface area contributed by atoms with E-state index in [2.05, 4.69) is 146 Å². The van der Waals surface area contributed by atoms with Crippen LogP contribution in [-0.4, -0.2) is 27.6 Å². The molecule has 0 radical (unpaired) electrons. The highest BCUT2D eigenvalue weighted by Gasteiger charge is 2.72. The molecule has 0 aliphatic carbocycles. The van der Waals surface area contributed by atoms with Crippen LogP contribution >= 0.6 is 0 Å². The Labute approximate surface area is 278 Å². The monoisotopic (exact) mass is 618 g/mol. The lowest BCUT2D eigenvalue weighted by molar-refractivity contribution is -0.831. The van der Waals surface area contributed by atoms with Crippen LogP contribution in [0.2, 0.25) is 0 Å². The minimum atomic E-state index is -1.19. The van der Waals surface area contributed by atoms with Gasteiger partial charge in [0.15, 0.2) is 23.9 Å². The molecule has 0 N–H and O–H groups in total. The zero-order chi connectivity index (χ0) is 32.1. The standard InChI is InChI=1S/C43H42N2O2/c1-5-7-15-31-17-9-11-19-37(31)33-23-29(3)41-35(25-33)27-44-39-21-13-14-22-40(39)45-28-36-26-34(24-30(4)42(36)47-43(44,45)46-41)38-20-12-10-18-32(38)16-8-6-2/h9-14,17-28H,5-8,15-16H2,1-4H3/q+2. The molecule has 0 saturated heterocycles. The zero-order valence-corrected chi connectivity index (χ0v) is 27.8. The molecule has 0 amide bonds. The van der Waals surface area contributed by atoms with Crippen LogP contribution in [-0.2, 0) is 12.8 Å². The molecule has 3 aliphatic rings. The number of fused-ring (bicyclic) bond motifs is 5. The SMILES string of the molecule is CCCCc1ccccc1-c1cc(C)c2c(c1)C=[N+]1c3ccccc3[N+]3=Cc4cc(-c5ccccc5CCCC)cc(C)c4OC13O2. The lowest BCUT2D eigenvalue weighted by Crippen LogP contribution is -2.59. The molecule has 5 aromatic carbocycles. The van der Waals surface area contributed by atoms with E-state index < -0.39 is 6.03 Å². The van der Waals surface area contributed by atoms with E-state index >= 15 is 0 Å². The normalized spacial score (nSPS) is 14.8. The highest BCUT2D eigenvalue weighted by molar-refractivity contribution is 5.90. The van der Waals surface area contributed by atoms with Crippen molar-refractivity contribution >= 4 is 23.8 Å². The van der Waals surface area contributed by atoms with E-state index in [1.54, 1.807) is 0 Å². The number of hydrogen-bond donors (Lipinski definition) is 0. The maximum atomic E-state index is 7.10. The Bertz CT molecular complexity index is 1950. The van der Waals surface area contributed by atoms with E-state index in [9.17, 15) is 0 Å². The second-order valence-electron chi connectivity index (χ2n) is 13.2. The Morgan fingerprint density at radius 1 is 0.553 bits per heavy atom. The Morgan fingerprint density at radius 3 is 1.43 bits per heavy atom. The maximum absolute atomic E-state index is 7.10. The first-order valence-corrected chi connectivity index (χ1v) is 17.2. The zero-order valence-electron chi connectivity index (χ0n) is 27.8. The Kier molecular flexibility index (Phi) is 7.32. The van der Waals surface area contributed by atoms with Gasteiger partial charge in [-0.05, 0) is 117 Å². The van der Waals surface area contributed by atoms with Gasteiger partial charge >= 0.3 is 6.03 Å². The van der Waals surface area contributed by atoms with Gasteiger partial charge in [-0.3, -0.25) is 0 Å². The van der Waals surface area contributed by atoms with Gasteiger partial charge in [-0.25, -0.2) is 0 Å². The van der Waals surface area contributed by atoms with Gasteiger partial charge in [0.25, 0.3) is 11.4 Å². The second kappa shape index (κ2) is 11.7. The highest BCUT2D eigenvalue weighted by atomic mass is 16.7. The lowest BCUT2D eigenvalue weighted by Gasteiger charge is -2.28. The maximum Gasteiger partial charge on any atom is 0.715 e. The molecule has 4 nitrogen and oxygen atoms in total. The van der Waals surface area contributed by atoms with Gasteiger partial charge < -0.3 is 9.47 Å². The summed E-state index contributed by atoms with van der Waals surface area (Å²) in [6.45, 7) is 8.81. The van der Waals surface area contributed by atoms with Crippen LogP contribution in [0.1, 0.15) is 72.9 Å². The van der Waals surface area contributed by atoms with E-state index in [-0.39, 0.29) is 0 Å². The van der Waals surface area contributed by atoms with Crippen LogP contribution < -0.4 is 9.47 Å². The van der Waals surface area contributed by atoms with Gasteiger partial charge in [0.05, 0.1) is 11.1 Å². The van der Waals surface area contributed by atoms with E-state index in [0.29, 0.717) is 0 Å². The van der Waals surface area contributed by atoms with Crippen molar-refractivity contribution in [2.45, 2.75) is 72.3 Å². The van der Waals surface area contributed by atoms with Crippen molar-refractivity contribution in [3.05, 3.63) is 130 Å². The largest absolute Gasteiger partial charge is 0.715 e. The summed E-state index contributed by atoms with van der Waals surface area (Å²) >= 11 is 0. The minimum Gasteiger partial charge on any atom is -0.340 e. The van der Waals surface area contributed by atoms with E-state index in [1.807, 2.05) is 0 Å². The van der Waals surface area contributed by atoms with Crippen molar-refractivity contribution in [3.8, 4) is 33.8 Å². The molecule has 234 valence electrons. The Morgan fingerprint density at radius 2 is 0.979 bits per heavy atom. The van der Waals surface area contributed by atoms with Crippen molar-refractivity contribution in [2.24, 2.45) is 0 Å². The number of ether oxygens (including phenoxy) is 2. The molecule has 8 rings (SSSR count). The van der Waals surface area contributed by atoms with Crippen molar-refractivity contribution in [1.29, 1.82) is 0 Å². The molecule has 5 aromatic rings. The second-order valence-corrected chi connectivity index (χ2v) is 13.2. The first kappa shape index (κ1) is 29.4. The van der Waals surface area contributed by atoms with Gasteiger partial charge in [-0.15, -0.1) is 0 Å². The number of nitrogens with zero attached hydrogens (tertiary/aromatic N) is 2. The van der Waals surface area contributed by atoms with Gasteiger partial charge in [0.2, 0.25) is 0 Å². The summed E-state index contributed by atoms with van der Waals surface area (Å²) in [5.74, 6) is 1.70. The van der Waals surface area contributed by atoms with Crippen molar-refractivity contribution in [3.63, 3.8) is 0 Å². The van der Waals surface area contributed by atoms with Crippen molar-refractivity contribution < 1.29 is 18.6 Å². The third-order valence-corrected chi connectivity index (χ3v) is 9.88. The van der Waals surface area contributed by atoms with Crippen molar-refractivity contribution in [2.75, 3.05) is 0 Å². The molecule has 0 unspecified atom stereocenters. The van der Waals surface area contributed by atoms with Gasteiger partial charge in [0.1, 0.15) is 0 Å². The topological polar surface area (TPSA) is 24.5 Å². The Balaban J connectivity index is 1.26. The van der Waals surface area contributed by atoms with Crippen LogP contribution in [0.5, 0.6) is 11.5 Å². The van der Waals surface area contributed by atoms with E-state index in [4.69, 9.17) is 9.47 Å². The van der Waals surface area contributed by atoms with Crippen molar-refractivity contribution in [1.82, 2.24) is 0 Å². The number of aryl methyl sites for hydroxylation is 4. The lowest BCUT2D eigenvalue weighted by atomic mass is 9.93. The number of para-hydroxylation sites is 2. The molecule has 3 heterocycles. The first-order chi connectivity index (χ1) is 23.0. The predicted molar refractivity (Wildman–Crippen MR) is 191 cm³/mol. The van der Waals surface area contributed by atoms with Gasteiger partial charge in [-0.1, -0.05) is 87.4 Å². The third-order valence-electron chi connectivity index (χ3n) is 9.88. The molecule has 0 aromatic heterocycles. The van der Waals surface area contributed by atoms with Crippen LogP contribution in [0.25, 0.3) is 22.3 Å². The molecule has 3 aliphatic heterocycles. The van der Waals surface area contributed by atoms with Crippen LogP contribution in [0.4, 0.5) is 11.4 Å². The number of benzene rings is 5. The average molecular weight is 619 g/mol. The molecule has 4 heteroatoms. The fourth-order valence-electron chi connectivity index (χ4n) is 7.51. The summed E-state index contributed by atoms with van der Waals surface area (Å²) in [5.41, 5.74) is 14.2. The minimum absolute atomic E-state index is 0.852. The predicted octanol–water partition coefficient (Wildman–Crippen LogP) is 10.3. The molecule has 1 spiro atoms. The molecular weight excluding hydrogens is 576 g/mol. The third kappa shape index (κ3) is 4.81. The summed E-state index contributed by atoms with van der Waals surface area (Å²) in [6, 6.07) is 34.0. The summed E-state index contributed by atoms with van der Waals surface area (Å²) < 4.78 is 18.5.